The van der Waals surface area contributed by atoms with Crippen molar-refractivity contribution in [2.24, 2.45) is 0 Å². The van der Waals surface area contributed by atoms with Crippen LogP contribution in [0.1, 0.15) is 5.69 Å². The van der Waals surface area contributed by atoms with Crippen molar-refractivity contribution in [3.05, 3.63) is 56.4 Å². The van der Waals surface area contributed by atoms with Gasteiger partial charge in [0.05, 0.1) is 24.6 Å². The zero-order valence-electron chi connectivity index (χ0n) is 8.10. The third kappa shape index (κ3) is 2.68. The summed E-state index contributed by atoms with van der Waals surface area (Å²) in [5.41, 5.74) is 0.601. The van der Waals surface area contributed by atoms with Gasteiger partial charge in [-0.15, -0.1) is 0 Å². The molecule has 0 atom stereocenters. The Hall–Kier alpha value is -1.20. The molecular formula is C10H7BrClN3O. The van der Waals surface area contributed by atoms with Crippen LogP contribution in [0.25, 0.3) is 0 Å². The second kappa shape index (κ2) is 4.76. The van der Waals surface area contributed by atoms with Crippen LogP contribution >= 0.6 is 27.5 Å². The van der Waals surface area contributed by atoms with E-state index in [-0.39, 0.29) is 5.56 Å². The molecule has 0 aromatic carbocycles. The molecule has 0 bridgehead atoms. The molecule has 0 radical (unpaired) electrons. The third-order valence-corrected chi connectivity index (χ3v) is 2.62. The van der Waals surface area contributed by atoms with E-state index in [0.717, 1.165) is 4.47 Å². The van der Waals surface area contributed by atoms with E-state index < -0.39 is 0 Å². The molecule has 0 aliphatic rings. The molecule has 0 aliphatic carbocycles. The van der Waals surface area contributed by atoms with Crippen molar-refractivity contribution in [3.63, 3.8) is 0 Å². The second-order valence-corrected chi connectivity index (χ2v) is 4.45. The van der Waals surface area contributed by atoms with E-state index in [9.17, 15) is 4.79 Å². The third-order valence-electron chi connectivity index (χ3n) is 1.95. The van der Waals surface area contributed by atoms with Gasteiger partial charge in [0.15, 0.2) is 0 Å². The first kappa shape index (κ1) is 11.3. The minimum Gasteiger partial charge on any atom is -0.308 e. The lowest BCUT2D eigenvalue weighted by Gasteiger charge is -2.04. The van der Waals surface area contributed by atoms with Crippen molar-refractivity contribution >= 4 is 27.5 Å². The molecule has 2 heterocycles. The smallest absolute Gasteiger partial charge is 0.250 e. The minimum atomic E-state index is -0.0834. The Morgan fingerprint density at radius 3 is 2.81 bits per heavy atom. The number of rotatable bonds is 2. The first-order chi connectivity index (χ1) is 7.65. The van der Waals surface area contributed by atoms with Crippen LogP contribution in [0, 0.1) is 0 Å². The maximum Gasteiger partial charge on any atom is 0.250 e. The number of pyridine rings is 1. The molecule has 6 heteroatoms. The number of hydrogen-bond acceptors (Lipinski definition) is 3. The van der Waals surface area contributed by atoms with Gasteiger partial charge in [-0.1, -0.05) is 11.6 Å². The van der Waals surface area contributed by atoms with Crippen LogP contribution in [0.4, 0.5) is 0 Å². The largest absolute Gasteiger partial charge is 0.308 e. The van der Waals surface area contributed by atoms with Crippen LogP contribution < -0.4 is 5.56 Å². The number of aromatic nitrogens is 3. The Bertz CT molecular complexity index is 553. The summed E-state index contributed by atoms with van der Waals surface area (Å²) in [6, 6.07) is 3.19. The Kier molecular flexibility index (Phi) is 3.36. The van der Waals surface area contributed by atoms with E-state index in [2.05, 4.69) is 25.9 Å². The lowest BCUT2D eigenvalue weighted by atomic mass is 10.4. The number of nitrogens with zero attached hydrogens (tertiary/aromatic N) is 3. The summed E-state index contributed by atoms with van der Waals surface area (Å²) in [6.07, 6.45) is 4.72. The van der Waals surface area contributed by atoms with Crippen molar-refractivity contribution < 1.29 is 0 Å². The molecule has 0 amide bonds. The van der Waals surface area contributed by atoms with Gasteiger partial charge in [-0.25, -0.2) is 4.98 Å². The highest BCUT2D eigenvalue weighted by Crippen LogP contribution is 2.07. The summed E-state index contributed by atoms with van der Waals surface area (Å²) < 4.78 is 2.39. The van der Waals surface area contributed by atoms with Crippen LogP contribution in [0.3, 0.4) is 0 Å². The van der Waals surface area contributed by atoms with Crippen molar-refractivity contribution in [1.29, 1.82) is 0 Å². The van der Waals surface area contributed by atoms with Gasteiger partial charge in [0.2, 0.25) is 0 Å². The summed E-state index contributed by atoms with van der Waals surface area (Å²) in [7, 11) is 0. The van der Waals surface area contributed by atoms with Gasteiger partial charge in [-0.05, 0) is 22.0 Å². The van der Waals surface area contributed by atoms with Crippen molar-refractivity contribution in [1.82, 2.24) is 14.5 Å². The predicted octanol–water partition coefficient (Wildman–Crippen LogP) is 2.10. The molecule has 0 saturated carbocycles. The van der Waals surface area contributed by atoms with E-state index in [1.807, 2.05) is 0 Å². The predicted molar refractivity (Wildman–Crippen MR) is 64.5 cm³/mol. The average Bonchev–Trinajstić information content (AvgIpc) is 2.27. The Labute approximate surface area is 105 Å². The van der Waals surface area contributed by atoms with Crippen LogP contribution in [0.2, 0.25) is 5.15 Å². The highest BCUT2D eigenvalue weighted by molar-refractivity contribution is 9.10. The van der Waals surface area contributed by atoms with E-state index in [0.29, 0.717) is 17.4 Å². The molecule has 0 fully saturated rings. The molecule has 0 N–H and O–H groups in total. The quantitative estimate of drug-likeness (QED) is 0.853. The Morgan fingerprint density at radius 2 is 2.12 bits per heavy atom. The minimum absolute atomic E-state index is 0.0834. The highest BCUT2D eigenvalue weighted by Gasteiger charge is 2.00. The SMILES string of the molecule is O=c1ccc(Br)cn1Cc1cnc(Cl)cn1. The molecular weight excluding hydrogens is 293 g/mol. The Morgan fingerprint density at radius 1 is 1.31 bits per heavy atom. The standard InChI is InChI=1S/C10H7BrClN3O/c11-7-1-2-10(16)15(5-7)6-8-3-14-9(12)4-13-8/h1-5H,6H2. The van der Waals surface area contributed by atoms with Crippen LogP contribution in [-0.2, 0) is 6.54 Å². The van der Waals surface area contributed by atoms with E-state index in [1.54, 1.807) is 23.0 Å². The van der Waals surface area contributed by atoms with Gasteiger partial charge in [0.25, 0.3) is 5.56 Å². The summed E-state index contributed by atoms with van der Waals surface area (Å²) in [6.45, 7) is 0.377. The molecule has 16 heavy (non-hydrogen) atoms. The lowest BCUT2D eigenvalue weighted by Crippen LogP contribution is -2.19. The zero-order valence-corrected chi connectivity index (χ0v) is 10.4. The molecule has 0 spiro atoms. The fourth-order valence-electron chi connectivity index (χ4n) is 1.22. The van der Waals surface area contributed by atoms with Crippen molar-refractivity contribution in [3.8, 4) is 0 Å². The van der Waals surface area contributed by atoms with Crippen LogP contribution in [0.15, 0.2) is 40.0 Å². The monoisotopic (exact) mass is 299 g/mol. The topological polar surface area (TPSA) is 47.8 Å². The summed E-state index contributed by atoms with van der Waals surface area (Å²) in [4.78, 5) is 19.5. The average molecular weight is 301 g/mol. The molecule has 82 valence electrons. The summed E-state index contributed by atoms with van der Waals surface area (Å²) >= 11 is 8.93. The molecule has 4 nitrogen and oxygen atoms in total. The van der Waals surface area contributed by atoms with Crippen LogP contribution in [-0.4, -0.2) is 14.5 Å². The van der Waals surface area contributed by atoms with E-state index in [4.69, 9.17) is 11.6 Å². The molecule has 0 aliphatic heterocycles. The lowest BCUT2D eigenvalue weighted by molar-refractivity contribution is 0.732. The van der Waals surface area contributed by atoms with Gasteiger partial charge >= 0.3 is 0 Å². The first-order valence-electron chi connectivity index (χ1n) is 4.47. The first-order valence-corrected chi connectivity index (χ1v) is 5.64. The molecule has 0 unspecified atom stereocenters. The van der Waals surface area contributed by atoms with Gasteiger partial charge in [0.1, 0.15) is 5.15 Å². The highest BCUT2D eigenvalue weighted by atomic mass is 79.9. The zero-order chi connectivity index (χ0) is 11.5. The molecule has 0 saturated heterocycles. The normalized spacial score (nSPS) is 10.4. The van der Waals surface area contributed by atoms with Gasteiger partial charge in [-0.3, -0.25) is 9.78 Å². The number of hydrogen-bond donors (Lipinski definition) is 0. The maximum atomic E-state index is 11.5. The molecule has 2 rings (SSSR count). The molecule has 2 aromatic rings. The molecule has 2 aromatic heterocycles. The fraction of sp³-hybridized carbons (Fsp3) is 0.100. The van der Waals surface area contributed by atoms with Gasteiger partial charge in [0, 0.05) is 16.7 Å². The summed E-state index contributed by atoms with van der Waals surface area (Å²) in [5.74, 6) is 0. The van der Waals surface area contributed by atoms with Crippen LogP contribution in [0.5, 0.6) is 0 Å². The van der Waals surface area contributed by atoms with Crippen molar-refractivity contribution in [2.45, 2.75) is 6.54 Å². The Balaban J connectivity index is 2.30. The van der Waals surface area contributed by atoms with E-state index >= 15 is 0 Å². The van der Waals surface area contributed by atoms with Gasteiger partial charge in [-0.2, -0.15) is 0 Å². The van der Waals surface area contributed by atoms with E-state index in [1.165, 1.54) is 12.3 Å². The number of halogens is 2. The summed E-state index contributed by atoms with van der Waals surface area (Å²) in [5, 5.41) is 0.338. The second-order valence-electron chi connectivity index (χ2n) is 3.14. The van der Waals surface area contributed by atoms with Gasteiger partial charge < -0.3 is 4.57 Å². The fourth-order valence-corrected chi connectivity index (χ4v) is 1.70. The maximum absolute atomic E-state index is 11.5. The van der Waals surface area contributed by atoms with Crippen molar-refractivity contribution in [2.75, 3.05) is 0 Å².